The first-order valence-corrected chi connectivity index (χ1v) is 11.3. The number of amides is 1. The molecule has 170 valence electrons. The molecule has 0 unspecified atom stereocenters. The van der Waals surface area contributed by atoms with E-state index in [0.717, 1.165) is 17.2 Å². The monoisotopic (exact) mass is 486 g/mol. The third-order valence-corrected chi connectivity index (χ3v) is 6.71. The van der Waals surface area contributed by atoms with Crippen LogP contribution in [0.1, 0.15) is 30.5 Å². The maximum atomic E-state index is 13.5. The lowest BCUT2D eigenvalue weighted by molar-refractivity contribution is -0.138. The van der Waals surface area contributed by atoms with E-state index in [1.54, 1.807) is 0 Å². The summed E-state index contributed by atoms with van der Waals surface area (Å²) in [7, 11) is -4.13. The zero-order valence-electron chi connectivity index (χ0n) is 16.3. The number of hydrogen-bond donors (Lipinski definition) is 2. The van der Waals surface area contributed by atoms with Gasteiger partial charge in [-0.25, -0.2) is 18.5 Å². The van der Waals surface area contributed by atoms with Gasteiger partial charge in [-0.2, -0.15) is 13.2 Å². The Labute approximate surface area is 186 Å². The van der Waals surface area contributed by atoms with Crippen LogP contribution >= 0.6 is 12.2 Å². The van der Waals surface area contributed by atoms with E-state index in [1.807, 2.05) is 0 Å². The third kappa shape index (κ3) is 3.43. The number of anilines is 2. The van der Waals surface area contributed by atoms with Crippen LogP contribution in [0.3, 0.4) is 0 Å². The van der Waals surface area contributed by atoms with E-state index in [2.05, 4.69) is 9.97 Å². The van der Waals surface area contributed by atoms with Gasteiger partial charge in [0.1, 0.15) is 11.4 Å². The Balaban J connectivity index is 1.83. The highest BCUT2D eigenvalue weighted by atomic mass is 32.2. The molecule has 0 aromatic carbocycles. The lowest BCUT2D eigenvalue weighted by atomic mass is 9.75. The van der Waals surface area contributed by atoms with Gasteiger partial charge in [0.05, 0.1) is 23.1 Å². The maximum Gasteiger partial charge on any atom is 0.418 e. The van der Waals surface area contributed by atoms with Gasteiger partial charge < -0.3 is 5.73 Å². The molecular formula is C18H17F3N6O3S2. The molecule has 9 nitrogen and oxygen atoms in total. The van der Waals surface area contributed by atoms with Crippen LogP contribution in [0.4, 0.5) is 24.7 Å². The predicted octanol–water partition coefficient (Wildman–Crippen LogP) is 1.66. The fourth-order valence-electron chi connectivity index (χ4n) is 3.87. The number of primary sulfonamides is 1. The number of nitrogens with zero attached hydrogens (tertiary/aromatic N) is 4. The number of nitrogens with two attached hydrogens (primary N) is 2. The minimum absolute atomic E-state index is 0.0552. The predicted molar refractivity (Wildman–Crippen MR) is 112 cm³/mol. The van der Waals surface area contributed by atoms with Crippen LogP contribution in [-0.2, 0) is 27.5 Å². The van der Waals surface area contributed by atoms with Crippen LogP contribution in [0.5, 0.6) is 0 Å². The minimum Gasteiger partial charge on any atom is -0.325 e. The first kappa shape index (κ1) is 22.5. The van der Waals surface area contributed by atoms with Crippen molar-refractivity contribution in [3.05, 3.63) is 41.7 Å². The molecule has 4 rings (SSSR count). The molecule has 1 saturated carbocycles. The first-order valence-electron chi connectivity index (χ1n) is 9.35. The highest BCUT2D eigenvalue weighted by Gasteiger charge is 2.60. The minimum atomic E-state index is -4.73. The second kappa shape index (κ2) is 7.43. The van der Waals surface area contributed by atoms with Crippen molar-refractivity contribution in [3.63, 3.8) is 0 Å². The van der Waals surface area contributed by atoms with Crippen LogP contribution in [0.15, 0.2) is 35.5 Å². The van der Waals surface area contributed by atoms with E-state index >= 15 is 0 Å². The lowest BCUT2D eigenvalue weighted by Gasteiger charge is -2.42. The van der Waals surface area contributed by atoms with Crippen LogP contribution in [0.2, 0.25) is 0 Å². The van der Waals surface area contributed by atoms with Gasteiger partial charge in [-0.05, 0) is 49.7 Å². The maximum absolute atomic E-state index is 13.5. The first-order chi connectivity index (χ1) is 14.9. The summed E-state index contributed by atoms with van der Waals surface area (Å²) in [6.45, 7) is -0.437. The topological polar surface area (TPSA) is 136 Å². The van der Waals surface area contributed by atoms with Gasteiger partial charge >= 0.3 is 6.18 Å². The van der Waals surface area contributed by atoms with E-state index < -0.39 is 44.8 Å². The number of rotatable bonds is 4. The molecule has 0 radical (unpaired) electrons. The largest absolute Gasteiger partial charge is 0.418 e. The number of halogens is 3. The summed E-state index contributed by atoms with van der Waals surface area (Å²) < 4.78 is 64.0. The van der Waals surface area contributed by atoms with E-state index in [9.17, 15) is 26.4 Å². The summed E-state index contributed by atoms with van der Waals surface area (Å²) in [4.78, 5) is 23.6. The molecule has 3 heterocycles. The molecule has 2 aromatic rings. The van der Waals surface area contributed by atoms with Gasteiger partial charge in [-0.1, -0.05) is 6.07 Å². The molecule has 2 fully saturated rings. The Morgan fingerprint density at radius 1 is 1.25 bits per heavy atom. The molecule has 32 heavy (non-hydrogen) atoms. The second-order valence-electron chi connectivity index (χ2n) is 7.41. The van der Waals surface area contributed by atoms with Gasteiger partial charge in [0.2, 0.25) is 0 Å². The molecule has 1 aliphatic carbocycles. The summed E-state index contributed by atoms with van der Waals surface area (Å²) in [5.41, 5.74) is 2.61. The van der Waals surface area contributed by atoms with E-state index in [-0.39, 0.29) is 22.3 Å². The average Bonchev–Trinajstić information content (AvgIpc) is 2.93. The van der Waals surface area contributed by atoms with Crippen molar-refractivity contribution in [2.75, 3.05) is 9.80 Å². The third-order valence-electron chi connectivity index (χ3n) is 5.53. The molecule has 2 aliphatic rings. The molecule has 1 amide bonds. The molecule has 0 bridgehead atoms. The summed E-state index contributed by atoms with van der Waals surface area (Å²) in [5.74, 6) is -0.480. The van der Waals surface area contributed by atoms with Crippen LogP contribution in [-0.4, -0.2) is 34.9 Å². The fraction of sp³-hybridized carbons (Fsp3) is 0.333. The Hall–Kier alpha value is -2.68. The van der Waals surface area contributed by atoms with Crippen molar-refractivity contribution in [1.82, 2.24) is 9.97 Å². The SMILES string of the molecule is NCc1ncc(N2C(=O)C3(CCC3)N(c3cccc(S(N)(=O)=O)n3)C2=S)cc1C(F)(F)F. The normalized spacial score (nSPS) is 18.4. The van der Waals surface area contributed by atoms with Crippen LogP contribution in [0.25, 0.3) is 0 Å². The van der Waals surface area contributed by atoms with Gasteiger partial charge in [-0.15, -0.1) is 0 Å². The summed E-state index contributed by atoms with van der Waals surface area (Å²) in [6.07, 6.45) is -2.23. The molecule has 2 aromatic heterocycles. The Morgan fingerprint density at radius 2 is 1.94 bits per heavy atom. The molecule has 4 N–H and O–H groups in total. The molecule has 1 aliphatic heterocycles. The molecule has 0 atom stereocenters. The van der Waals surface area contributed by atoms with Crippen LogP contribution < -0.4 is 20.7 Å². The zero-order chi connectivity index (χ0) is 23.5. The number of carbonyl (C=O) groups excluding carboxylic acids is 1. The Kier molecular flexibility index (Phi) is 5.23. The summed E-state index contributed by atoms with van der Waals surface area (Å²) in [5, 5.41) is 4.60. The van der Waals surface area contributed by atoms with Crippen molar-refractivity contribution in [2.24, 2.45) is 10.9 Å². The van der Waals surface area contributed by atoms with Crippen molar-refractivity contribution < 1.29 is 26.4 Å². The van der Waals surface area contributed by atoms with Crippen molar-refractivity contribution in [1.29, 1.82) is 0 Å². The lowest BCUT2D eigenvalue weighted by Crippen LogP contribution is -2.55. The number of hydrogen-bond acceptors (Lipinski definition) is 7. The summed E-state index contributed by atoms with van der Waals surface area (Å²) >= 11 is 5.46. The number of thiocarbonyl (C=S) groups is 1. The smallest absolute Gasteiger partial charge is 0.325 e. The molecule has 1 spiro atoms. The highest BCUT2D eigenvalue weighted by Crippen LogP contribution is 2.47. The number of carbonyl (C=O) groups is 1. The molecule has 14 heteroatoms. The standard InChI is InChI=1S/C18H17F3N6O3S2/c19-18(20,21)11-7-10(9-24-12(11)8-22)26-15(28)17(5-2-6-17)27(16(26)31)13-3-1-4-14(25-13)32(23,29)30/h1,3-4,7,9H,2,5-6,8,22H2,(H2,23,29,30). The van der Waals surface area contributed by atoms with Gasteiger partial charge in [0.15, 0.2) is 10.1 Å². The second-order valence-corrected chi connectivity index (χ2v) is 9.29. The molecule has 1 saturated heterocycles. The van der Waals surface area contributed by atoms with E-state index in [0.29, 0.717) is 19.3 Å². The molecular weight excluding hydrogens is 469 g/mol. The number of sulfonamides is 1. The average molecular weight is 487 g/mol. The number of pyridine rings is 2. The highest BCUT2D eigenvalue weighted by molar-refractivity contribution is 7.89. The van der Waals surface area contributed by atoms with Crippen molar-refractivity contribution in [2.45, 2.75) is 42.5 Å². The quantitative estimate of drug-likeness (QED) is 0.623. The van der Waals surface area contributed by atoms with E-state index in [1.165, 1.54) is 23.1 Å². The van der Waals surface area contributed by atoms with Crippen molar-refractivity contribution in [3.8, 4) is 0 Å². The van der Waals surface area contributed by atoms with Crippen LogP contribution in [0, 0.1) is 0 Å². The van der Waals surface area contributed by atoms with Crippen molar-refractivity contribution >= 4 is 44.8 Å². The fourth-order valence-corrected chi connectivity index (χ4v) is 4.81. The van der Waals surface area contributed by atoms with Gasteiger partial charge in [0.25, 0.3) is 15.9 Å². The Bertz CT molecular complexity index is 1230. The number of aromatic nitrogens is 2. The van der Waals surface area contributed by atoms with Gasteiger partial charge in [-0.3, -0.25) is 19.6 Å². The number of alkyl halides is 3. The van der Waals surface area contributed by atoms with Gasteiger partial charge in [0, 0.05) is 6.54 Å². The zero-order valence-corrected chi connectivity index (χ0v) is 18.0. The Morgan fingerprint density at radius 3 is 2.47 bits per heavy atom. The summed E-state index contributed by atoms with van der Waals surface area (Å²) in [6, 6.07) is 4.82. The van der Waals surface area contributed by atoms with E-state index in [4.69, 9.17) is 23.1 Å².